The van der Waals surface area contributed by atoms with E-state index < -0.39 is 0 Å². The molecule has 0 N–H and O–H groups in total. The van der Waals surface area contributed by atoms with Crippen molar-refractivity contribution in [1.82, 2.24) is 0 Å². The Morgan fingerprint density at radius 1 is 1.19 bits per heavy atom. The minimum absolute atomic E-state index is 0.334. The van der Waals surface area contributed by atoms with Crippen LogP contribution < -0.4 is 9.47 Å². The third-order valence-electron chi connectivity index (χ3n) is 3.23. The average Bonchev–Trinajstić information content (AvgIpc) is 2.48. The number of hydrogen-bond acceptors (Lipinski definition) is 4. The molecule has 0 saturated carbocycles. The van der Waals surface area contributed by atoms with Gasteiger partial charge in [0.05, 0.1) is 18.2 Å². The third kappa shape index (κ3) is 5.33. The zero-order chi connectivity index (χ0) is 15.7. The molecule has 116 valence electrons. The zero-order valence-corrected chi connectivity index (χ0v) is 14.4. The Bertz CT molecular complexity index is 488. The quantitative estimate of drug-likeness (QED) is 0.459. The van der Waals surface area contributed by atoms with Gasteiger partial charge in [0.15, 0.2) is 0 Å². The lowest BCUT2D eigenvalue weighted by atomic mass is 9.93. The summed E-state index contributed by atoms with van der Waals surface area (Å²) >= 11 is 7.59. The lowest BCUT2D eigenvalue weighted by Gasteiger charge is -2.20. The molecule has 0 fully saturated rings. The molecule has 1 rings (SSSR count). The maximum atomic E-state index is 8.65. The van der Waals surface area contributed by atoms with E-state index in [0.29, 0.717) is 29.9 Å². The summed E-state index contributed by atoms with van der Waals surface area (Å²) in [5.74, 6) is 2.64. The van der Waals surface area contributed by atoms with Crippen molar-refractivity contribution in [2.24, 2.45) is 0 Å². The monoisotopic (exact) mass is 327 g/mol. The first-order chi connectivity index (χ1) is 10.2. The molecule has 1 aromatic carbocycles. The van der Waals surface area contributed by atoms with Gasteiger partial charge in [-0.1, -0.05) is 18.5 Å². The first-order valence-corrected chi connectivity index (χ1v) is 8.64. The molecule has 1 aromatic rings. The van der Waals surface area contributed by atoms with Crippen molar-refractivity contribution in [3.8, 4) is 16.9 Å². The van der Waals surface area contributed by atoms with Crippen molar-refractivity contribution in [3.05, 3.63) is 22.7 Å². The number of ether oxygens (including phenoxy) is 2. The van der Waals surface area contributed by atoms with E-state index in [1.165, 1.54) is 11.8 Å². The maximum Gasteiger partial charge on any atom is 0.141 e. The molecule has 0 amide bonds. The van der Waals surface area contributed by atoms with Crippen LogP contribution >= 0.6 is 23.4 Å². The number of nitrogens with zero attached hydrogens (tertiary/aromatic N) is 1. The Labute approximate surface area is 136 Å². The predicted molar refractivity (Wildman–Crippen MR) is 89.5 cm³/mol. The van der Waals surface area contributed by atoms with E-state index in [9.17, 15) is 0 Å². The molecule has 3 nitrogen and oxygen atoms in total. The molecule has 0 radical (unpaired) electrons. The third-order valence-corrected chi connectivity index (χ3v) is 4.09. The molecule has 0 bridgehead atoms. The second kappa shape index (κ2) is 9.81. The summed E-state index contributed by atoms with van der Waals surface area (Å²) in [6, 6.07) is 3.83. The molecule has 0 aliphatic rings. The van der Waals surface area contributed by atoms with Gasteiger partial charge < -0.3 is 9.47 Å². The van der Waals surface area contributed by atoms with Crippen LogP contribution in [0.1, 0.15) is 45.1 Å². The summed E-state index contributed by atoms with van der Waals surface area (Å²) in [6.45, 7) is 7.20. The van der Waals surface area contributed by atoms with Crippen molar-refractivity contribution < 1.29 is 9.47 Å². The van der Waals surface area contributed by atoms with E-state index >= 15 is 0 Å². The molecule has 0 saturated heterocycles. The van der Waals surface area contributed by atoms with Crippen molar-refractivity contribution >= 4 is 23.4 Å². The van der Waals surface area contributed by atoms with Gasteiger partial charge in [0, 0.05) is 11.8 Å². The number of thiocyanates is 1. The summed E-state index contributed by atoms with van der Waals surface area (Å²) < 4.78 is 11.3. The fourth-order valence-electron chi connectivity index (χ4n) is 2.24. The molecular weight excluding hydrogens is 306 g/mol. The van der Waals surface area contributed by atoms with Crippen LogP contribution in [0.5, 0.6) is 11.5 Å². The topological polar surface area (TPSA) is 42.2 Å². The van der Waals surface area contributed by atoms with Gasteiger partial charge in [-0.25, -0.2) is 0 Å². The Balaban J connectivity index is 3.06. The summed E-state index contributed by atoms with van der Waals surface area (Å²) in [5.41, 5.74) is 1.10. The van der Waals surface area contributed by atoms with E-state index in [-0.39, 0.29) is 0 Å². The van der Waals surface area contributed by atoms with Crippen LogP contribution in [0.25, 0.3) is 0 Å². The number of nitriles is 1. The zero-order valence-electron chi connectivity index (χ0n) is 12.8. The minimum atomic E-state index is 0.334. The summed E-state index contributed by atoms with van der Waals surface area (Å²) in [4.78, 5) is 0. The molecule has 0 heterocycles. The number of hydrogen-bond donors (Lipinski definition) is 0. The molecule has 0 aliphatic carbocycles. The fourth-order valence-corrected chi connectivity index (χ4v) is 2.96. The van der Waals surface area contributed by atoms with Gasteiger partial charge >= 0.3 is 0 Å². The fraction of sp³-hybridized carbons (Fsp3) is 0.562. The van der Waals surface area contributed by atoms with Crippen LogP contribution in [0.3, 0.4) is 0 Å². The highest BCUT2D eigenvalue weighted by Gasteiger charge is 2.18. The van der Waals surface area contributed by atoms with Crippen LogP contribution in [-0.2, 0) is 0 Å². The Morgan fingerprint density at radius 3 is 2.43 bits per heavy atom. The maximum absolute atomic E-state index is 8.65. The number of benzene rings is 1. The highest BCUT2D eigenvalue weighted by molar-refractivity contribution is 8.03. The van der Waals surface area contributed by atoms with Gasteiger partial charge in [-0.2, -0.15) is 5.26 Å². The van der Waals surface area contributed by atoms with E-state index in [4.69, 9.17) is 26.3 Å². The van der Waals surface area contributed by atoms with Crippen molar-refractivity contribution in [3.63, 3.8) is 0 Å². The van der Waals surface area contributed by atoms with Crippen molar-refractivity contribution in [1.29, 1.82) is 5.26 Å². The molecule has 0 aliphatic heterocycles. The largest absolute Gasteiger partial charge is 0.493 e. The second-order valence-corrected chi connectivity index (χ2v) is 5.81. The highest BCUT2D eigenvalue weighted by atomic mass is 35.5. The van der Waals surface area contributed by atoms with Crippen molar-refractivity contribution in [2.75, 3.05) is 19.0 Å². The summed E-state index contributed by atoms with van der Waals surface area (Å²) in [6.07, 6.45) is 1.91. The van der Waals surface area contributed by atoms with E-state index in [2.05, 4.69) is 12.3 Å². The van der Waals surface area contributed by atoms with Gasteiger partial charge in [0.1, 0.15) is 16.9 Å². The van der Waals surface area contributed by atoms with Crippen LogP contribution in [0.2, 0.25) is 5.02 Å². The molecule has 0 spiro atoms. The highest BCUT2D eigenvalue weighted by Crippen LogP contribution is 2.39. The average molecular weight is 328 g/mol. The lowest BCUT2D eigenvalue weighted by Crippen LogP contribution is -2.05. The molecule has 21 heavy (non-hydrogen) atoms. The standard InChI is InChI=1S/C16H22ClNO2S/c1-4-12(7-8-21-11-18)13-9-14(17)16(20-6-3)10-15(13)19-5-2/h9-10,12H,4-8H2,1-3H3. The minimum Gasteiger partial charge on any atom is -0.493 e. The van der Waals surface area contributed by atoms with Gasteiger partial charge in [-0.05, 0) is 56.0 Å². The second-order valence-electron chi connectivity index (χ2n) is 4.52. The Kier molecular flexibility index (Phi) is 8.41. The van der Waals surface area contributed by atoms with E-state index in [1.807, 2.05) is 26.0 Å². The molecule has 5 heteroatoms. The van der Waals surface area contributed by atoms with Gasteiger partial charge in [0.25, 0.3) is 0 Å². The van der Waals surface area contributed by atoms with Crippen LogP contribution in [0.4, 0.5) is 0 Å². The number of thioether (sulfide) groups is 1. The SMILES string of the molecule is CCOc1cc(OCC)c(C(CC)CCSC#N)cc1Cl. The first-order valence-electron chi connectivity index (χ1n) is 7.27. The van der Waals surface area contributed by atoms with Crippen LogP contribution in [0, 0.1) is 10.7 Å². The molecule has 0 aromatic heterocycles. The lowest BCUT2D eigenvalue weighted by molar-refractivity contribution is 0.318. The Hall–Kier alpha value is -1.05. The number of halogens is 1. The van der Waals surface area contributed by atoms with Crippen LogP contribution in [-0.4, -0.2) is 19.0 Å². The number of rotatable bonds is 9. The van der Waals surface area contributed by atoms with E-state index in [1.54, 1.807) is 0 Å². The summed E-state index contributed by atoms with van der Waals surface area (Å²) in [7, 11) is 0. The molecule has 1 unspecified atom stereocenters. The Morgan fingerprint density at radius 2 is 1.86 bits per heavy atom. The van der Waals surface area contributed by atoms with Gasteiger partial charge in [-0.15, -0.1) is 0 Å². The van der Waals surface area contributed by atoms with Crippen molar-refractivity contribution in [2.45, 2.75) is 39.5 Å². The van der Waals surface area contributed by atoms with E-state index in [0.717, 1.165) is 29.9 Å². The predicted octanol–water partition coefficient (Wildman–Crippen LogP) is 5.24. The normalized spacial score (nSPS) is 11.8. The first kappa shape index (κ1) is 18.0. The molecule has 1 atom stereocenters. The molecular formula is C16H22ClNO2S. The van der Waals surface area contributed by atoms with Gasteiger partial charge in [-0.3, -0.25) is 0 Å². The smallest absolute Gasteiger partial charge is 0.141 e. The van der Waals surface area contributed by atoms with Crippen LogP contribution in [0.15, 0.2) is 12.1 Å². The van der Waals surface area contributed by atoms with Gasteiger partial charge in [0.2, 0.25) is 0 Å². The summed E-state index contributed by atoms with van der Waals surface area (Å²) in [5, 5.41) is 11.4.